The highest BCUT2D eigenvalue weighted by Crippen LogP contribution is 2.18. The SMILES string of the molecule is Cc1noc(C)c1C(=O)Nc1ccc(OCCN)cc1. The summed E-state index contributed by atoms with van der Waals surface area (Å²) in [6, 6.07) is 7.08. The molecule has 0 radical (unpaired) electrons. The zero-order chi connectivity index (χ0) is 14.5. The fourth-order valence-corrected chi connectivity index (χ4v) is 1.81. The Kier molecular flexibility index (Phi) is 4.37. The first kappa shape index (κ1) is 14.1. The number of aryl methyl sites for hydroxylation is 2. The van der Waals surface area contributed by atoms with E-state index >= 15 is 0 Å². The first-order valence-corrected chi connectivity index (χ1v) is 6.29. The summed E-state index contributed by atoms with van der Waals surface area (Å²) >= 11 is 0. The fourth-order valence-electron chi connectivity index (χ4n) is 1.81. The lowest BCUT2D eigenvalue weighted by molar-refractivity contribution is 0.102. The second kappa shape index (κ2) is 6.21. The average Bonchev–Trinajstić information content (AvgIpc) is 2.77. The first-order chi connectivity index (χ1) is 9.61. The highest BCUT2D eigenvalue weighted by Gasteiger charge is 2.17. The van der Waals surface area contributed by atoms with Gasteiger partial charge in [-0.3, -0.25) is 4.79 Å². The number of benzene rings is 1. The Labute approximate surface area is 116 Å². The van der Waals surface area contributed by atoms with Gasteiger partial charge in [-0.05, 0) is 38.1 Å². The van der Waals surface area contributed by atoms with Crippen LogP contribution in [0, 0.1) is 13.8 Å². The van der Waals surface area contributed by atoms with Crippen molar-refractivity contribution in [3.8, 4) is 5.75 Å². The molecule has 0 spiro atoms. The molecule has 0 atom stereocenters. The molecule has 0 saturated carbocycles. The fraction of sp³-hybridized carbons (Fsp3) is 0.286. The number of carbonyl (C=O) groups is 1. The standard InChI is InChI=1S/C14H17N3O3/c1-9-13(10(2)20-17-9)14(18)16-11-3-5-12(6-4-11)19-8-7-15/h3-6H,7-8,15H2,1-2H3,(H,16,18). The van der Waals surface area contributed by atoms with Gasteiger partial charge >= 0.3 is 0 Å². The molecule has 6 heteroatoms. The number of ether oxygens (including phenoxy) is 1. The smallest absolute Gasteiger partial charge is 0.261 e. The van der Waals surface area contributed by atoms with Gasteiger partial charge in [0.2, 0.25) is 0 Å². The quantitative estimate of drug-likeness (QED) is 0.869. The topological polar surface area (TPSA) is 90.4 Å². The van der Waals surface area contributed by atoms with Gasteiger partial charge < -0.3 is 20.3 Å². The number of hydrogen-bond acceptors (Lipinski definition) is 5. The van der Waals surface area contributed by atoms with Crippen LogP contribution >= 0.6 is 0 Å². The Morgan fingerprint density at radius 1 is 1.35 bits per heavy atom. The molecular weight excluding hydrogens is 258 g/mol. The molecule has 0 aliphatic carbocycles. The van der Waals surface area contributed by atoms with Gasteiger partial charge in [0.15, 0.2) is 0 Å². The van der Waals surface area contributed by atoms with Crippen molar-refractivity contribution in [1.29, 1.82) is 0 Å². The van der Waals surface area contributed by atoms with Crippen molar-refractivity contribution in [2.45, 2.75) is 13.8 Å². The number of rotatable bonds is 5. The van der Waals surface area contributed by atoms with Crippen LogP contribution in [-0.2, 0) is 0 Å². The molecule has 106 valence electrons. The molecule has 0 aliphatic heterocycles. The monoisotopic (exact) mass is 275 g/mol. The maximum absolute atomic E-state index is 12.1. The largest absolute Gasteiger partial charge is 0.492 e. The van der Waals surface area contributed by atoms with Crippen molar-refractivity contribution in [3.05, 3.63) is 41.3 Å². The number of aromatic nitrogens is 1. The third kappa shape index (κ3) is 3.16. The van der Waals surface area contributed by atoms with Gasteiger partial charge in [0.1, 0.15) is 23.7 Å². The highest BCUT2D eigenvalue weighted by atomic mass is 16.5. The van der Waals surface area contributed by atoms with Gasteiger partial charge in [-0.15, -0.1) is 0 Å². The minimum Gasteiger partial charge on any atom is -0.492 e. The van der Waals surface area contributed by atoms with Crippen LogP contribution in [0.2, 0.25) is 0 Å². The molecule has 0 saturated heterocycles. The van der Waals surface area contributed by atoms with Crippen molar-refractivity contribution in [1.82, 2.24) is 5.16 Å². The Morgan fingerprint density at radius 2 is 2.05 bits per heavy atom. The summed E-state index contributed by atoms with van der Waals surface area (Å²) in [4.78, 5) is 12.1. The van der Waals surface area contributed by atoms with Gasteiger partial charge in [-0.2, -0.15) is 0 Å². The van der Waals surface area contributed by atoms with E-state index in [1.54, 1.807) is 38.1 Å². The summed E-state index contributed by atoms with van der Waals surface area (Å²) < 4.78 is 10.3. The van der Waals surface area contributed by atoms with Crippen LogP contribution in [0.3, 0.4) is 0 Å². The average molecular weight is 275 g/mol. The molecule has 2 rings (SSSR count). The van der Waals surface area contributed by atoms with E-state index in [1.807, 2.05) is 0 Å². The minimum absolute atomic E-state index is 0.239. The van der Waals surface area contributed by atoms with E-state index in [0.717, 1.165) is 0 Å². The number of carbonyl (C=O) groups excluding carboxylic acids is 1. The number of nitrogens with zero attached hydrogens (tertiary/aromatic N) is 1. The molecule has 0 bridgehead atoms. The van der Waals surface area contributed by atoms with Crippen molar-refractivity contribution in [2.75, 3.05) is 18.5 Å². The maximum Gasteiger partial charge on any atom is 0.261 e. The van der Waals surface area contributed by atoms with Gasteiger partial charge in [0, 0.05) is 12.2 Å². The number of nitrogens with two attached hydrogens (primary N) is 1. The first-order valence-electron chi connectivity index (χ1n) is 6.29. The maximum atomic E-state index is 12.1. The van der Waals surface area contributed by atoms with Crippen molar-refractivity contribution in [2.24, 2.45) is 5.73 Å². The summed E-state index contributed by atoms with van der Waals surface area (Å²) in [7, 11) is 0. The third-order valence-electron chi connectivity index (χ3n) is 2.76. The summed E-state index contributed by atoms with van der Waals surface area (Å²) in [5, 5.41) is 6.55. The van der Waals surface area contributed by atoms with E-state index in [0.29, 0.717) is 41.6 Å². The molecule has 1 heterocycles. The predicted octanol–water partition coefficient (Wildman–Crippen LogP) is 1.88. The normalized spacial score (nSPS) is 10.3. The van der Waals surface area contributed by atoms with Crippen LogP contribution in [0.5, 0.6) is 5.75 Å². The molecule has 1 amide bonds. The lowest BCUT2D eigenvalue weighted by atomic mass is 10.2. The molecule has 20 heavy (non-hydrogen) atoms. The molecule has 6 nitrogen and oxygen atoms in total. The van der Waals surface area contributed by atoms with Gasteiger partial charge in [0.05, 0.1) is 5.69 Å². The van der Waals surface area contributed by atoms with Gasteiger partial charge in [-0.25, -0.2) is 0 Å². The number of hydrogen-bond donors (Lipinski definition) is 2. The van der Waals surface area contributed by atoms with Crippen LogP contribution in [0.15, 0.2) is 28.8 Å². The minimum atomic E-state index is -0.239. The van der Waals surface area contributed by atoms with Crippen molar-refractivity contribution < 1.29 is 14.1 Å². The molecule has 3 N–H and O–H groups in total. The zero-order valence-electron chi connectivity index (χ0n) is 11.5. The van der Waals surface area contributed by atoms with Crippen LogP contribution in [0.25, 0.3) is 0 Å². The third-order valence-corrected chi connectivity index (χ3v) is 2.76. The zero-order valence-corrected chi connectivity index (χ0v) is 11.5. The molecule has 0 fully saturated rings. The van der Waals surface area contributed by atoms with Crippen LogP contribution in [0.4, 0.5) is 5.69 Å². The van der Waals surface area contributed by atoms with Crippen LogP contribution < -0.4 is 15.8 Å². The Hall–Kier alpha value is -2.34. The lowest BCUT2D eigenvalue weighted by Crippen LogP contribution is -2.13. The van der Waals surface area contributed by atoms with Crippen LogP contribution in [-0.4, -0.2) is 24.2 Å². The number of amides is 1. The van der Waals surface area contributed by atoms with E-state index in [4.69, 9.17) is 15.0 Å². The predicted molar refractivity (Wildman–Crippen MR) is 74.9 cm³/mol. The number of anilines is 1. The lowest BCUT2D eigenvalue weighted by Gasteiger charge is -2.07. The molecular formula is C14H17N3O3. The van der Waals surface area contributed by atoms with E-state index < -0.39 is 0 Å². The van der Waals surface area contributed by atoms with Gasteiger partial charge in [-0.1, -0.05) is 5.16 Å². The molecule has 0 aliphatic rings. The van der Waals surface area contributed by atoms with E-state index in [1.165, 1.54) is 0 Å². The summed E-state index contributed by atoms with van der Waals surface area (Å²) in [6.07, 6.45) is 0. The van der Waals surface area contributed by atoms with E-state index in [9.17, 15) is 4.79 Å². The molecule has 0 unspecified atom stereocenters. The second-order valence-corrected chi connectivity index (χ2v) is 4.31. The van der Waals surface area contributed by atoms with Gasteiger partial charge in [0.25, 0.3) is 5.91 Å². The van der Waals surface area contributed by atoms with Crippen molar-refractivity contribution >= 4 is 11.6 Å². The number of nitrogens with one attached hydrogen (secondary N) is 1. The Balaban J connectivity index is 2.05. The van der Waals surface area contributed by atoms with Crippen molar-refractivity contribution in [3.63, 3.8) is 0 Å². The molecule has 1 aromatic heterocycles. The Morgan fingerprint density at radius 3 is 2.60 bits per heavy atom. The highest BCUT2D eigenvalue weighted by molar-refractivity contribution is 6.05. The Bertz CT molecular complexity index is 571. The summed E-state index contributed by atoms with van der Waals surface area (Å²) in [6.45, 7) is 4.36. The van der Waals surface area contributed by atoms with E-state index in [2.05, 4.69) is 10.5 Å². The molecule has 1 aromatic carbocycles. The van der Waals surface area contributed by atoms with Crippen LogP contribution in [0.1, 0.15) is 21.8 Å². The molecule has 2 aromatic rings. The summed E-state index contributed by atoms with van der Waals surface area (Å²) in [5.74, 6) is 0.977. The van der Waals surface area contributed by atoms with E-state index in [-0.39, 0.29) is 5.91 Å². The summed E-state index contributed by atoms with van der Waals surface area (Å²) in [5.41, 5.74) is 7.07. The second-order valence-electron chi connectivity index (χ2n) is 4.31.